The van der Waals surface area contributed by atoms with Crippen LogP contribution in [0.3, 0.4) is 0 Å². The summed E-state index contributed by atoms with van der Waals surface area (Å²) in [5.74, 6) is 0. The van der Waals surface area contributed by atoms with Crippen molar-refractivity contribution in [2.75, 3.05) is 6.61 Å². The van der Waals surface area contributed by atoms with Crippen LogP contribution in [-0.2, 0) is 4.43 Å². The Hall–Kier alpha value is -0.333. The maximum atomic E-state index is 7.32. The fraction of sp³-hybridized carbons (Fsp3) is 0.875. The van der Waals surface area contributed by atoms with Crippen molar-refractivity contribution < 1.29 is 4.43 Å². The topological polar surface area (TPSA) is 33.0 Å². The van der Waals surface area contributed by atoms with E-state index in [9.17, 15) is 0 Å². The lowest BCUT2D eigenvalue weighted by molar-refractivity contribution is 0.287. The van der Waals surface area contributed by atoms with E-state index in [0.29, 0.717) is 0 Å². The first-order valence-electron chi connectivity index (χ1n) is 4.27. The van der Waals surface area contributed by atoms with Gasteiger partial charge >= 0.3 is 0 Å². The molecule has 1 aliphatic heterocycles. The Kier molecular flexibility index (Phi) is 7.54. The van der Waals surface area contributed by atoms with Crippen molar-refractivity contribution in [3.05, 3.63) is 0 Å². The van der Waals surface area contributed by atoms with Crippen molar-refractivity contribution in [2.45, 2.75) is 38.8 Å². The molecule has 0 saturated carbocycles. The Morgan fingerprint density at radius 3 is 2.45 bits per heavy atom. The second-order valence-electron chi connectivity index (χ2n) is 2.62. The van der Waals surface area contributed by atoms with E-state index in [1.165, 1.54) is 31.9 Å². The quantitative estimate of drug-likeness (QED) is 0.566. The number of nitriles is 1. The molecule has 0 amide bonds. The van der Waals surface area contributed by atoms with Gasteiger partial charge in [0.05, 0.1) is 6.07 Å². The molecule has 1 saturated heterocycles. The molecule has 1 unspecified atom stereocenters. The van der Waals surface area contributed by atoms with E-state index in [4.69, 9.17) is 9.69 Å². The fourth-order valence-electron chi connectivity index (χ4n) is 1.13. The summed E-state index contributed by atoms with van der Waals surface area (Å²) in [7, 11) is -0.605. The summed E-state index contributed by atoms with van der Waals surface area (Å²) >= 11 is 0. The predicted octanol–water partition coefficient (Wildman–Crippen LogP) is 2.07. The van der Waals surface area contributed by atoms with E-state index in [-0.39, 0.29) is 0 Å². The van der Waals surface area contributed by atoms with Crippen molar-refractivity contribution in [1.82, 2.24) is 0 Å². The molecular formula is C8H17NOSi. The molecule has 1 rings (SSSR count). The van der Waals surface area contributed by atoms with Gasteiger partial charge in [0.25, 0.3) is 0 Å². The molecule has 1 fully saturated rings. The van der Waals surface area contributed by atoms with Gasteiger partial charge in [-0.2, -0.15) is 5.26 Å². The van der Waals surface area contributed by atoms with Crippen LogP contribution in [0.1, 0.15) is 26.7 Å². The Morgan fingerprint density at radius 2 is 2.18 bits per heavy atom. The van der Waals surface area contributed by atoms with Gasteiger partial charge in [0, 0.05) is 13.5 Å². The van der Waals surface area contributed by atoms with Crippen molar-refractivity contribution in [3.8, 4) is 6.07 Å². The summed E-state index contributed by atoms with van der Waals surface area (Å²) in [6.07, 6.45) is 2.74. The molecule has 64 valence electrons. The first-order chi connectivity index (χ1) is 5.35. The second-order valence-corrected chi connectivity index (χ2v) is 5.59. The molecule has 0 bridgehead atoms. The highest BCUT2D eigenvalue weighted by atomic mass is 28.3. The van der Waals surface area contributed by atoms with Crippen LogP contribution in [0, 0.1) is 11.3 Å². The van der Waals surface area contributed by atoms with Gasteiger partial charge < -0.3 is 4.43 Å². The molecule has 0 aromatic heterocycles. The molecule has 0 spiro atoms. The Balaban J connectivity index is 0.000000292. The third-order valence-corrected chi connectivity index (χ3v) is 4.40. The van der Waals surface area contributed by atoms with Crippen molar-refractivity contribution in [1.29, 1.82) is 5.26 Å². The molecule has 11 heavy (non-hydrogen) atoms. The van der Waals surface area contributed by atoms with Gasteiger partial charge in [0.15, 0.2) is 9.04 Å². The number of hydrogen-bond donors (Lipinski definition) is 0. The van der Waals surface area contributed by atoms with Crippen LogP contribution in [-0.4, -0.2) is 15.6 Å². The Bertz CT molecular complexity index is 116. The summed E-state index contributed by atoms with van der Waals surface area (Å²) < 4.78 is 5.57. The maximum absolute atomic E-state index is 7.32. The Labute approximate surface area is 70.9 Å². The molecule has 0 radical (unpaired) electrons. The molecule has 2 nitrogen and oxygen atoms in total. The number of nitrogens with zero attached hydrogens (tertiary/aromatic N) is 1. The molecule has 1 heterocycles. The maximum Gasteiger partial charge on any atom is 0.176 e. The second kappa shape index (κ2) is 7.77. The highest BCUT2D eigenvalue weighted by Crippen LogP contribution is 2.12. The molecule has 1 aliphatic rings. The zero-order valence-electron chi connectivity index (χ0n) is 7.47. The molecule has 0 aliphatic carbocycles. The standard InChI is InChI=1S/C6H14OSi.C2H3N/c1-2-8-6-4-3-5-7-8;1-2-3/h8H,2-6H2,1H3;1H3. The monoisotopic (exact) mass is 171 g/mol. The van der Waals surface area contributed by atoms with Gasteiger partial charge in [-0.3, -0.25) is 0 Å². The van der Waals surface area contributed by atoms with Gasteiger partial charge in [-0.1, -0.05) is 13.3 Å². The van der Waals surface area contributed by atoms with Crippen LogP contribution in [0.4, 0.5) is 0 Å². The molecule has 0 aromatic carbocycles. The minimum atomic E-state index is -0.605. The highest BCUT2D eigenvalue weighted by Gasteiger charge is 2.12. The Morgan fingerprint density at radius 1 is 1.55 bits per heavy atom. The van der Waals surface area contributed by atoms with Crippen LogP contribution < -0.4 is 0 Å². The minimum absolute atomic E-state index is 0.605. The molecule has 3 heteroatoms. The summed E-state index contributed by atoms with van der Waals surface area (Å²) in [5.41, 5.74) is 0. The van der Waals surface area contributed by atoms with Gasteiger partial charge in [0.1, 0.15) is 0 Å². The fourth-order valence-corrected chi connectivity index (χ4v) is 3.18. The lowest BCUT2D eigenvalue weighted by atomic mass is 10.4. The SMILES string of the molecule is CC#N.CC[SiH]1CCCCO1. The average Bonchev–Trinajstić information content (AvgIpc) is 2.08. The van der Waals surface area contributed by atoms with Crippen molar-refractivity contribution >= 4 is 9.04 Å². The van der Waals surface area contributed by atoms with E-state index in [0.717, 1.165) is 6.61 Å². The van der Waals surface area contributed by atoms with Crippen molar-refractivity contribution in [3.63, 3.8) is 0 Å². The summed E-state index contributed by atoms with van der Waals surface area (Å²) in [6, 6.07) is 4.51. The molecule has 0 aromatic rings. The summed E-state index contributed by atoms with van der Waals surface area (Å²) in [4.78, 5) is 0. The average molecular weight is 171 g/mol. The smallest absolute Gasteiger partial charge is 0.176 e. The van der Waals surface area contributed by atoms with Crippen LogP contribution in [0.15, 0.2) is 0 Å². The zero-order chi connectivity index (χ0) is 8.53. The predicted molar refractivity (Wildman–Crippen MR) is 48.9 cm³/mol. The van der Waals surface area contributed by atoms with Crippen LogP contribution in [0.2, 0.25) is 12.1 Å². The minimum Gasteiger partial charge on any atom is -0.420 e. The van der Waals surface area contributed by atoms with Crippen LogP contribution in [0.5, 0.6) is 0 Å². The van der Waals surface area contributed by atoms with E-state index in [2.05, 4.69) is 6.92 Å². The van der Waals surface area contributed by atoms with Gasteiger partial charge in [-0.25, -0.2) is 0 Å². The van der Waals surface area contributed by atoms with Gasteiger partial charge in [0.2, 0.25) is 0 Å². The van der Waals surface area contributed by atoms with E-state index in [1.807, 2.05) is 0 Å². The van der Waals surface area contributed by atoms with Crippen LogP contribution in [0.25, 0.3) is 0 Å². The summed E-state index contributed by atoms with van der Waals surface area (Å²) in [6.45, 7) is 4.74. The van der Waals surface area contributed by atoms with E-state index < -0.39 is 9.04 Å². The van der Waals surface area contributed by atoms with Crippen molar-refractivity contribution in [2.24, 2.45) is 0 Å². The highest BCUT2D eigenvalue weighted by molar-refractivity contribution is 6.51. The molecule has 0 N–H and O–H groups in total. The number of hydrogen-bond acceptors (Lipinski definition) is 2. The lowest BCUT2D eigenvalue weighted by Crippen LogP contribution is -2.21. The first kappa shape index (κ1) is 10.7. The third kappa shape index (κ3) is 6.08. The normalized spacial score (nSPS) is 22.8. The van der Waals surface area contributed by atoms with Gasteiger partial charge in [-0.15, -0.1) is 0 Å². The lowest BCUT2D eigenvalue weighted by Gasteiger charge is -2.18. The van der Waals surface area contributed by atoms with Gasteiger partial charge in [-0.05, 0) is 18.5 Å². The molecular weight excluding hydrogens is 154 g/mol. The first-order valence-corrected chi connectivity index (χ1v) is 6.38. The third-order valence-electron chi connectivity index (χ3n) is 1.73. The molecule has 1 atom stereocenters. The largest absolute Gasteiger partial charge is 0.420 e. The van der Waals surface area contributed by atoms with E-state index in [1.54, 1.807) is 6.07 Å². The van der Waals surface area contributed by atoms with Crippen LogP contribution >= 0.6 is 0 Å². The number of rotatable bonds is 1. The van der Waals surface area contributed by atoms with E-state index >= 15 is 0 Å². The zero-order valence-corrected chi connectivity index (χ0v) is 8.62. The summed E-state index contributed by atoms with van der Waals surface area (Å²) in [5, 5.41) is 7.32.